The predicted octanol–water partition coefficient (Wildman–Crippen LogP) is 5.28. The highest BCUT2D eigenvalue weighted by Crippen LogP contribution is 2.06. The Morgan fingerprint density at radius 3 is 2.41 bits per heavy atom. The molecule has 0 aromatic rings. The van der Waals surface area contributed by atoms with Crippen molar-refractivity contribution in [1.29, 1.82) is 0 Å². The normalized spacial score (nSPS) is 11.6. The molecule has 0 aromatic heterocycles. The molecule has 0 unspecified atom stereocenters. The highest BCUT2D eigenvalue weighted by molar-refractivity contribution is 5.02. The van der Waals surface area contributed by atoms with Crippen LogP contribution in [0.4, 0.5) is 0 Å². The monoisotopic (exact) mass is 238 g/mol. The quantitative estimate of drug-likeness (QED) is 0.372. The van der Waals surface area contributed by atoms with E-state index in [0.717, 1.165) is 26.1 Å². The molecule has 1 heteroatoms. The third kappa shape index (κ3) is 13.4. The van der Waals surface area contributed by atoms with Gasteiger partial charge in [-0.3, -0.25) is 0 Å². The number of rotatable bonds is 10. The molecule has 1 nitrogen and oxygen atoms in total. The molecule has 0 spiro atoms. The Bertz CT molecular complexity index is 222. The largest absolute Gasteiger partial charge is 0.377 e. The molecule has 0 heterocycles. The minimum absolute atomic E-state index is 0.785. The van der Waals surface area contributed by atoms with E-state index >= 15 is 0 Å². The summed E-state index contributed by atoms with van der Waals surface area (Å²) < 4.78 is 5.59. The van der Waals surface area contributed by atoms with Gasteiger partial charge in [0, 0.05) is 6.61 Å². The lowest BCUT2D eigenvalue weighted by atomic mass is 10.1. The fourth-order valence-electron chi connectivity index (χ4n) is 1.61. The van der Waals surface area contributed by atoms with Crippen molar-refractivity contribution in [1.82, 2.24) is 0 Å². The molecule has 0 bridgehead atoms. The van der Waals surface area contributed by atoms with Crippen LogP contribution in [-0.4, -0.2) is 13.2 Å². The van der Waals surface area contributed by atoms with E-state index < -0.39 is 0 Å². The molecule has 0 fully saturated rings. The first-order valence-corrected chi connectivity index (χ1v) is 7.03. The van der Waals surface area contributed by atoms with Crippen LogP contribution in [0.2, 0.25) is 0 Å². The van der Waals surface area contributed by atoms with E-state index in [1.165, 1.54) is 36.8 Å². The summed E-state index contributed by atoms with van der Waals surface area (Å²) in [6, 6.07) is 0. The van der Waals surface area contributed by atoms with Crippen molar-refractivity contribution in [3.63, 3.8) is 0 Å². The van der Waals surface area contributed by atoms with Crippen LogP contribution in [0.1, 0.15) is 66.2 Å². The summed E-state index contributed by atoms with van der Waals surface area (Å²) in [4.78, 5) is 0. The van der Waals surface area contributed by atoms with Crippen molar-refractivity contribution < 1.29 is 4.74 Å². The molecule has 0 atom stereocenters. The van der Waals surface area contributed by atoms with Crippen LogP contribution in [0, 0.1) is 0 Å². The summed E-state index contributed by atoms with van der Waals surface area (Å²) in [5, 5.41) is 0. The Balaban J connectivity index is 3.40. The Labute approximate surface area is 108 Å². The van der Waals surface area contributed by atoms with Gasteiger partial charge in [-0.15, -0.1) is 0 Å². The molecular weight excluding hydrogens is 208 g/mol. The van der Waals surface area contributed by atoms with Crippen LogP contribution in [0.5, 0.6) is 0 Å². The summed E-state index contributed by atoms with van der Waals surface area (Å²) in [6.07, 6.45) is 12.0. The fraction of sp³-hybridized carbons (Fsp3) is 0.750. The molecule has 0 amide bonds. The van der Waals surface area contributed by atoms with Gasteiger partial charge in [0.2, 0.25) is 0 Å². The first-order valence-electron chi connectivity index (χ1n) is 7.03. The van der Waals surface area contributed by atoms with Gasteiger partial charge in [0.05, 0.1) is 6.61 Å². The second-order valence-corrected chi connectivity index (χ2v) is 5.01. The van der Waals surface area contributed by atoms with Crippen LogP contribution < -0.4 is 0 Å². The number of hydrogen-bond acceptors (Lipinski definition) is 1. The maximum Gasteiger partial charge on any atom is 0.0649 e. The van der Waals surface area contributed by atoms with Gasteiger partial charge >= 0.3 is 0 Å². The molecule has 0 saturated heterocycles. The second kappa shape index (κ2) is 11.9. The first kappa shape index (κ1) is 16.4. The van der Waals surface area contributed by atoms with Crippen molar-refractivity contribution >= 4 is 0 Å². The third-order valence-corrected chi connectivity index (χ3v) is 2.78. The molecule has 0 N–H and O–H groups in total. The zero-order valence-corrected chi connectivity index (χ0v) is 12.2. The van der Waals surface area contributed by atoms with Gasteiger partial charge in [0.15, 0.2) is 0 Å². The predicted molar refractivity (Wildman–Crippen MR) is 77.4 cm³/mol. The maximum absolute atomic E-state index is 5.59. The number of ether oxygens (including phenoxy) is 1. The van der Waals surface area contributed by atoms with E-state index in [4.69, 9.17) is 4.74 Å². The molecule has 0 radical (unpaired) electrons. The topological polar surface area (TPSA) is 9.23 Å². The Kier molecular flexibility index (Phi) is 11.5. The Morgan fingerprint density at radius 2 is 1.76 bits per heavy atom. The fourth-order valence-corrected chi connectivity index (χ4v) is 1.61. The average Bonchev–Trinajstić information content (AvgIpc) is 2.27. The summed E-state index contributed by atoms with van der Waals surface area (Å²) >= 11 is 0. The SMILES string of the molecule is CCCCCCOC/C=C(\C)CCC=C(C)C. The summed E-state index contributed by atoms with van der Waals surface area (Å²) in [5.41, 5.74) is 2.85. The van der Waals surface area contributed by atoms with Crippen molar-refractivity contribution in [3.05, 3.63) is 23.3 Å². The van der Waals surface area contributed by atoms with E-state index in [-0.39, 0.29) is 0 Å². The number of allylic oxidation sites excluding steroid dienone is 3. The van der Waals surface area contributed by atoms with Gasteiger partial charge in [-0.1, -0.05) is 49.5 Å². The smallest absolute Gasteiger partial charge is 0.0649 e. The van der Waals surface area contributed by atoms with Crippen LogP contribution in [0.25, 0.3) is 0 Å². The molecule has 0 aliphatic heterocycles. The molecule has 17 heavy (non-hydrogen) atoms. The maximum atomic E-state index is 5.59. The lowest BCUT2D eigenvalue weighted by molar-refractivity contribution is 0.156. The van der Waals surface area contributed by atoms with Gasteiger partial charge in [-0.25, -0.2) is 0 Å². The minimum Gasteiger partial charge on any atom is -0.377 e. The van der Waals surface area contributed by atoms with Gasteiger partial charge in [-0.2, -0.15) is 0 Å². The van der Waals surface area contributed by atoms with Gasteiger partial charge in [0.25, 0.3) is 0 Å². The van der Waals surface area contributed by atoms with Gasteiger partial charge in [0.1, 0.15) is 0 Å². The minimum atomic E-state index is 0.785. The molecule has 0 aliphatic carbocycles. The number of unbranched alkanes of at least 4 members (excludes halogenated alkanes) is 3. The zero-order chi connectivity index (χ0) is 12.9. The Hall–Kier alpha value is -0.560. The van der Waals surface area contributed by atoms with E-state index in [9.17, 15) is 0 Å². The highest BCUT2D eigenvalue weighted by Gasteiger charge is 1.90. The van der Waals surface area contributed by atoms with Crippen LogP contribution in [-0.2, 0) is 4.74 Å². The number of hydrogen-bond donors (Lipinski definition) is 0. The molecule has 0 aromatic carbocycles. The lowest BCUT2D eigenvalue weighted by Gasteiger charge is -2.02. The molecule has 0 aliphatic rings. The molecular formula is C16H30O. The van der Waals surface area contributed by atoms with Crippen molar-refractivity contribution in [3.8, 4) is 0 Å². The zero-order valence-electron chi connectivity index (χ0n) is 12.2. The van der Waals surface area contributed by atoms with E-state index in [1.54, 1.807) is 0 Å². The molecule has 100 valence electrons. The summed E-state index contributed by atoms with van der Waals surface area (Å²) in [5.74, 6) is 0. The Morgan fingerprint density at radius 1 is 1.00 bits per heavy atom. The van der Waals surface area contributed by atoms with Crippen LogP contribution >= 0.6 is 0 Å². The van der Waals surface area contributed by atoms with Crippen molar-refractivity contribution in [2.75, 3.05) is 13.2 Å². The average molecular weight is 238 g/mol. The van der Waals surface area contributed by atoms with Crippen molar-refractivity contribution in [2.24, 2.45) is 0 Å². The van der Waals surface area contributed by atoms with Crippen LogP contribution in [0.3, 0.4) is 0 Å². The first-order chi connectivity index (χ1) is 8.16. The van der Waals surface area contributed by atoms with Crippen LogP contribution in [0.15, 0.2) is 23.3 Å². The van der Waals surface area contributed by atoms with Gasteiger partial charge < -0.3 is 4.74 Å². The van der Waals surface area contributed by atoms with Gasteiger partial charge in [-0.05, 0) is 40.0 Å². The van der Waals surface area contributed by atoms with E-state index in [2.05, 4.69) is 39.8 Å². The lowest BCUT2D eigenvalue weighted by Crippen LogP contribution is -1.95. The summed E-state index contributed by atoms with van der Waals surface area (Å²) in [6.45, 7) is 10.4. The standard InChI is InChI=1S/C16H30O/c1-5-6-7-8-13-17-14-12-16(4)11-9-10-15(2)3/h10,12H,5-9,11,13-14H2,1-4H3/b16-12+. The summed E-state index contributed by atoms with van der Waals surface area (Å²) in [7, 11) is 0. The molecule has 0 saturated carbocycles. The van der Waals surface area contributed by atoms with E-state index in [1.807, 2.05) is 0 Å². The molecule has 0 rings (SSSR count). The third-order valence-electron chi connectivity index (χ3n) is 2.78. The second-order valence-electron chi connectivity index (χ2n) is 5.01. The van der Waals surface area contributed by atoms with Crippen molar-refractivity contribution in [2.45, 2.75) is 66.2 Å². The highest BCUT2D eigenvalue weighted by atomic mass is 16.5. The van der Waals surface area contributed by atoms with E-state index in [0.29, 0.717) is 0 Å².